The Morgan fingerprint density at radius 3 is 2.00 bits per heavy atom. The van der Waals surface area contributed by atoms with E-state index in [1.807, 2.05) is 60.7 Å². The SMILES string of the molecule is CCCCCCC(=O)c1c(CC(=O)O)cc(OCc2ccccc2)cc1OCc1ccccc1. The third-order valence-electron chi connectivity index (χ3n) is 5.52. The van der Waals surface area contributed by atoms with Crippen molar-refractivity contribution in [2.24, 2.45) is 0 Å². The predicted molar refractivity (Wildman–Crippen MR) is 132 cm³/mol. The van der Waals surface area contributed by atoms with Crippen molar-refractivity contribution in [2.75, 3.05) is 0 Å². The van der Waals surface area contributed by atoms with Crippen molar-refractivity contribution >= 4 is 11.8 Å². The van der Waals surface area contributed by atoms with Crippen LogP contribution < -0.4 is 9.47 Å². The second-order valence-corrected chi connectivity index (χ2v) is 8.31. The lowest BCUT2D eigenvalue weighted by molar-refractivity contribution is -0.136. The molecule has 178 valence electrons. The van der Waals surface area contributed by atoms with Crippen molar-refractivity contribution in [1.29, 1.82) is 0 Å². The second-order valence-electron chi connectivity index (χ2n) is 8.31. The summed E-state index contributed by atoms with van der Waals surface area (Å²) in [6, 6.07) is 22.7. The molecule has 3 aromatic rings. The van der Waals surface area contributed by atoms with E-state index in [9.17, 15) is 14.7 Å². The molecule has 3 aromatic carbocycles. The van der Waals surface area contributed by atoms with Gasteiger partial charge >= 0.3 is 5.97 Å². The van der Waals surface area contributed by atoms with Crippen LogP contribution in [0, 0.1) is 0 Å². The smallest absolute Gasteiger partial charge is 0.307 e. The van der Waals surface area contributed by atoms with Crippen LogP contribution in [-0.2, 0) is 24.4 Å². The number of carboxylic acid groups (broad SMARTS) is 1. The first kappa shape index (κ1) is 25.0. The number of aliphatic carboxylic acids is 1. The number of ketones is 1. The summed E-state index contributed by atoms with van der Waals surface area (Å²) in [6.07, 6.45) is 3.97. The Morgan fingerprint density at radius 1 is 0.794 bits per heavy atom. The van der Waals surface area contributed by atoms with Gasteiger partial charge in [0.05, 0.1) is 12.0 Å². The molecule has 0 aliphatic carbocycles. The summed E-state index contributed by atoms with van der Waals surface area (Å²) < 4.78 is 12.1. The van der Waals surface area contributed by atoms with Crippen LogP contribution in [0.15, 0.2) is 72.8 Å². The number of carbonyl (C=O) groups excluding carboxylic acids is 1. The summed E-state index contributed by atoms with van der Waals surface area (Å²) in [5.41, 5.74) is 2.72. The average molecular weight is 461 g/mol. The Bertz CT molecular complexity index is 1060. The fourth-order valence-electron chi connectivity index (χ4n) is 3.77. The number of rotatable bonds is 14. The van der Waals surface area contributed by atoms with E-state index in [0.29, 0.717) is 35.7 Å². The summed E-state index contributed by atoms with van der Waals surface area (Å²) in [7, 11) is 0. The molecule has 0 saturated carbocycles. The van der Waals surface area contributed by atoms with Crippen LogP contribution in [0.5, 0.6) is 11.5 Å². The molecule has 0 fully saturated rings. The van der Waals surface area contributed by atoms with Crippen molar-refractivity contribution < 1.29 is 24.2 Å². The maximum atomic E-state index is 13.2. The molecule has 0 aliphatic heterocycles. The number of Topliss-reactive ketones (excluding diaryl/α,β-unsaturated/α-hetero) is 1. The highest BCUT2D eigenvalue weighted by Crippen LogP contribution is 2.32. The van der Waals surface area contributed by atoms with Gasteiger partial charge in [-0.3, -0.25) is 9.59 Å². The minimum Gasteiger partial charge on any atom is -0.489 e. The van der Waals surface area contributed by atoms with E-state index >= 15 is 0 Å². The molecule has 0 bridgehead atoms. The maximum absolute atomic E-state index is 13.2. The Hall–Kier alpha value is -3.60. The molecule has 0 atom stereocenters. The zero-order valence-electron chi connectivity index (χ0n) is 19.7. The third kappa shape index (κ3) is 7.77. The highest BCUT2D eigenvalue weighted by atomic mass is 16.5. The molecule has 3 rings (SSSR count). The molecule has 0 aromatic heterocycles. The van der Waals surface area contributed by atoms with Crippen LogP contribution in [0.3, 0.4) is 0 Å². The molecule has 0 amide bonds. The molecule has 5 nitrogen and oxygen atoms in total. The Morgan fingerprint density at radius 2 is 1.41 bits per heavy atom. The first-order valence-electron chi connectivity index (χ1n) is 11.8. The van der Waals surface area contributed by atoms with E-state index in [2.05, 4.69) is 6.92 Å². The van der Waals surface area contributed by atoms with Crippen molar-refractivity contribution in [3.8, 4) is 11.5 Å². The number of unbranched alkanes of at least 4 members (excludes halogenated alkanes) is 3. The van der Waals surface area contributed by atoms with Crippen LogP contribution in [0.2, 0.25) is 0 Å². The number of hydrogen-bond acceptors (Lipinski definition) is 4. The summed E-state index contributed by atoms with van der Waals surface area (Å²) in [5, 5.41) is 9.52. The quantitative estimate of drug-likeness (QED) is 0.216. The summed E-state index contributed by atoms with van der Waals surface area (Å²) in [6.45, 7) is 2.72. The molecule has 0 heterocycles. The van der Waals surface area contributed by atoms with E-state index in [-0.39, 0.29) is 18.8 Å². The van der Waals surface area contributed by atoms with E-state index in [1.54, 1.807) is 12.1 Å². The molecule has 0 saturated heterocycles. The van der Waals surface area contributed by atoms with Gasteiger partial charge in [-0.25, -0.2) is 0 Å². The van der Waals surface area contributed by atoms with Gasteiger partial charge in [-0.05, 0) is 29.2 Å². The molecular formula is C29H32O5. The lowest BCUT2D eigenvalue weighted by Gasteiger charge is -2.17. The van der Waals surface area contributed by atoms with Gasteiger partial charge in [0.2, 0.25) is 0 Å². The van der Waals surface area contributed by atoms with Gasteiger partial charge in [0.15, 0.2) is 5.78 Å². The number of benzene rings is 3. The average Bonchev–Trinajstić information content (AvgIpc) is 2.85. The minimum absolute atomic E-state index is 0.0926. The van der Waals surface area contributed by atoms with Gasteiger partial charge in [0, 0.05) is 12.5 Å². The minimum atomic E-state index is -1.01. The van der Waals surface area contributed by atoms with Gasteiger partial charge in [-0.1, -0.05) is 86.8 Å². The zero-order chi connectivity index (χ0) is 24.2. The normalized spacial score (nSPS) is 10.6. The van der Waals surface area contributed by atoms with Crippen molar-refractivity contribution in [3.05, 3.63) is 95.1 Å². The van der Waals surface area contributed by atoms with Crippen LogP contribution in [0.25, 0.3) is 0 Å². The predicted octanol–water partition coefficient (Wildman–Crippen LogP) is 6.62. The molecular weight excluding hydrogens is 428 g/mol. The summed E-state index contributed by atoms with van der Waals surface area (Å²) in [5.74, 6) is -0.254. The lowest BCUT2D eigenvalue weighted by atomic mass is 9.96. The van der Waals surface area contributed by atoms with Crippen LogP contribution >= 0.6 is 0 Å². The van der Waals surface area contributed by atoms with E-state index < -0.39 is 5.97 Å². The Kier molecular flexibility index (Phi) is 9.71. The van der Waals surface area contributed by atoms with Crippen LogP contribution in [0.4, 0.5) is 0 Å². The van der Waals surface area contributed by atoms with E-state index in [1.165, 1.54) is 0 Å². The van der Waals surface area contributed by atoms with Gasteiger partial charge in [0.1, 0.15) is 24.7 Å². The molecule has 0 radical (unpaired) electrons. The van der Waals surface area contributed by atoms with Crippen LogP contribution in [0.1, 0.15) is 66.1 Å². The standard InChI is InChI=1S/C29H32O5/c1-2-3-4-11-16-26(30)29-24(18-28(31)32)17-25(33-20-22-12-7-5-8-13-22)19-27(29)34-21-23-14-9-6-10-15-23/h5-10,12-15,17,19H,2-4,11,16,18,20-21H2,1H3,(H,31,32). The summed E-state index contributed by atoms with van der Waals surface area (Å²) >= 11 is 0. The molecule has 1 N–H and O–H groups in total. The lowest BCUT2D eigenvalue weighted by Crippen LogP contribution is -2.12. The van der Waals surface area contributed by atoms with Crippen molar-refractivity contribution in [1.82, 2.24) is 0 Å². The number of carbonyl (C=O) groups is 2. The molecule has 0 aliphatic rings. The van der Waals surface area contributed by atoms with Gasteiger partial charge in [0.25, 0.3) is 0 Å². The topological polar surface area (TPSA) is 72.8 Å². The van der Waals surface area contributed by atoms with Crippen molar-refractivity contribution in [3.63, 3.8) is 0 Å². The number of carboxylic acids is 1. The van der Waals surface area contributed by atoms with Crippen LogP contribution in [-0.4, -0.2) is 16.9 Å². The number of hydrogen-bond donors (Lipinski definition) is 1. The second kappa shape index (κ2) is 13.2. The van der Waals surface area contributed by atoms with Crippen molar-refractivity contribution in [2.45, 2.75) is 58.7 Å². The third-order valence-corrected chi connectivity index (χ3v) is 5.52. The Labute approximate surface area is 201 Å². The van der Waals surface area contributed by atoms with Gasteiger partial charge in [-0.2, -0.15) is 0 Å². The van der Waals surface area contributed by atoms with E-state index in [0.717, 1.165) is 36.8 Å². The highest BCUT2D eigenvalue weighted by Gasteiger charge is 2.21. The Balaban J connectivity index is 1.91. The monoisotopic (exact) mass is 460 g/mol. The first-order chi connectivity index (χ1) is 16.6. The first-order valence-corrected chi connectivity index (χ1v) is 11.8. The fourth-order valence-corrected chi connectivity index (χ4v) is 3.77. The fraction of sp³-hybridized carbons (Fsp3) is 0.310. The zero-order valence-corrected chi connectivity index (χ0v) is 19.7. The summed E-state index contributed by atoms with van der Waals surface area (Å²) in [4.78, 5) is 24.9. The van der Waals surface area contributed by atoms with E-state index in [4.69, 9.17) is 9.47 Å². The molecule has 0 unspecified atom stereocenters. The molecule has 34 heavy (non-hydrogen) atoms. The molecule has 5 heteroatoms. The largest absolute Gasteiger partial charge is 0.489 e. The number of ether oxygens (including phenoxy) is 2. The molecule has 0 spiro atoms. The van der Waals surface area contributed by atoms with Gasteiger partial charge in [-0.15, -0.1) is 0 Å². The highest BCUT2D eigenvalue weighted by molar-refractivity contribution is 6.01. The van der Waals surface area contributed by atoms with Gasteiger partial charge < -0.3 is 14.6 Å². The maximum Gasteiger partial charge on any atom is 0.307 e.